The predicted molar refractivity (Wildman–Crippen MR) is 64.7 cm³/mol. The topological polar surface area (TPSA) is 29.5 Å². The number of aliphatic hydroxyl groups excluding tert-OH is 1. The van der Waals surface area contributed by atoms with Crippen LogP contribution in [-0.2, 0) is 11.3 Å². The molecule has 0 radical (unpaired) electrons. The minimum atomic E-state index is -0.165. The number of ether oxygens (including phenoxy) is 1. The van der Waals surface area contributed by atoms with Gasteiger partial charge in [0.25, 0.3) is 0 Å². The average molecular weight is 273 g/mol. The molecule has 1 N–H and O–H groups in total. The zero-order valence-corrected chi connectivity index (χ0v) is 10.8. The second-order valence-corrected chi connectivity index (χ2v) is 5.26. The molecule has 1 aromatic carbocycles. The highest BCUT2D eigenvalue weighted by molar-refractivity contribution is 9.10. The Hall–Kier alpha value is -0.380. The number of aliphatic hydroxyl groups is 1. The SMILES string of the molecule is CC(C)(CO)COCc1ccccc1Br. The van der Waals surface area contributed by atoms with Gasteiger partial charge in [-0.3, -0.25) is 0 Å². The maximum Gasteiger partial charge on any atom is 0.0728 e. The van der Waals surface area contributed by atoms with Gasteiger partial charge in [-0.1, -0.05) is 48.0 Å². The number of halogens is 1. The minimum absolute atomic E-state index is 0.142. The van der Waals surface area contributed by atoms with E-state index in [1.165, 1.54) is 0 Å². The van der Waals surface area contributed by atoms with Crippen molar-refractivity contribution < 1.29 is 9.84 Å². The van der Waals surface area contributed by atoms with E-state index in [4.69, 9.17) is 9.84 Å². The van der Waals surface area contributed by atoms with E-state index in [-0.39, 0.29) is 12.0 Å². The van der Waals surface area contributed by atoms with Crippen LogP contribution in [0.3, 0.4) is 0 Å². The highest BCUT2D eigenvalue weighted by Crippen LogP contribution is 2.19. The lowest BCUT2D eigenvalue weighted by molar-refractivity contribution is 0.0196. The van der Waals surface area contributed by atoms with Crippen LogP contribution < -0.4 is 0 Å². The van der Waals surface area contributed by atoms with Crippen molar-refractivity contribution in [2.24, 2.45) is 5.41 Å². The third-order valence-electron chi connectivity index (χ3n) is 2.14. The van der Waals surface area contributed by atoms with Gasteiger partial charge in [0.1, 0.15) is 0 Å². The quantitative estimate of drug-likeness (QED) is 0.893. The van der Waals surface area contributed by atoms with Gasteiger partial charge >= 0.3 is 0 Å². The van der Waals surface area contributed by atoms with Crippen molar-refractivity contribution in [2.75, 3.05) is 13.2 Å². The first-order valence-electron chi connectivity index (χ1n) is 4.97. The maximum atomic E-state index is 9.06. The lowest BCUT2D eigenvalue weighted by Gasteiger charge is -2.21. The summed E-state index contributed by atoms with van der Waals surface area (Å²) in [5, 5.41) is 9.06. The molecule has 1 aromatic rings. The Labute approximate surface area is 99.4 Å². The van der Waals surface area contributed by atoms with Gasteiger partial charge < -0.3 is 9.84 Å². The van der Waals surface area contributed by atoms with Crippen LogP contribution in [-0.4, -0.2) is 18.3 Å². The first-order valence-corrected chi connectivity index (χ1v) is 5.76. The zero-order chi connectivity index (χ0) is 11.3. The zero-order valence-electron chi connectivity index (χ0n) is 9.16. The number of hydrogen-bond acceptors (Lipinski definition) is 2. The van der Waals surface area contributed by atoms with Crippen LogP contribution in [0.25, 0.3) is 0 Å². The van der Waals surface area contributed by atoms with Gasteiger partial charge in [-0.2, -0.15) is 0 Å². The van der Waals surface area contributed by atoms with Crippen molar-refractivity contribution in [3.05, 3.63) is 34.3 Å². The van der Waals surface area contributed by atoms with Crippen molar-refractivity contribution in [1.29, 1.82) is 0 Å². The Balaban J connectivity index is 2.42. The van der Waals surface area contributed by atoms with E-state index in [2.05, 4.69) is 15.9 Å². The summed E-state index contributed by atoms with van der Waals surface area (Å²) >= 11 is 3.46. The summed E-state index contributed by atoms with van der Waals surface area (Å²) < 4.78 is 6.63. The van der Waals surface area contributed by atoms with Gasteiger partial charge in [0, 0.05) is 9.89 Å². The molecule has 3 heteroatoms. The van der Waals surface area contributed by atoms with Crippen molar-refractivity contribution in [1.82, 2.24) is 0 Å². The molecular weight excluding hydrogens is 256 g/mol. The summed E-state index contributed by atoms with van der Waals surface area (Å²) in [5.74, 6) is 0. The first kappa shape index (κ1) is 12.7. The Kier molecular flexibility index (Phi) is 4.77. The van der Waals surface area contributed by atoms with Gasteiger partial charge in [-0.05, 0) is 11.6 Å². The lowest BCUT2D eigenvalue weighted by atomic mass is 9.97. The maximum absolute atomic E-state index is 9.06. The van der Waals surface area contributed by atoms with E-state index in [0.717, 1.165) is 10.0 Å². The van der Waals surface area contributed by atoms with Crippen LogP contribution in [0.5, 0.6) is 0 Å². The average Bonchev–Trinajstić information content (AvgIpc) is 2.21. The molecule has 0 aliphatic rings. The van der Waals surface area contributed by atoms with Crippen LogP contribution in [0.15, 0.2) is 28.7 Å². The van der Waals surface area contributed by atoms with Crippen LogP contribution in [0.2, 0.25) is 0 Å². The Morgan fingerprint density at radius 3 is 2.60 bits per heavy atom. The molecule has 0 saturated heterocycles. The second kappa shape index (κ2) is 5.64. The fraction of sp³-hybridized carbons (Fsp3) is 0.500. The number of benzene rings is 1. The van der Waals surface area contributed by atoms with Crippen molar-refractivity contribution in [2.45, 2.75) is 20.5 Å². The Morgan fingerprint density at radius 1 is 1.33 bits per heavy atom. The van der Waals surface area contributed by atoms with E-state index in [0.29, 0.717) is 13.2 Å². The molecule has 0 heterocycles. The monoisotopic (exact) mass is 272 g/mol. The van der Waals surface area contributed by atoms with Crippen molar-refractivity contribution in [3.8, 4) is 0 Å². The summed E-state index contributed by atoms with van der Waals surface area (Å²) in [6.07, 6.45) is 0. The fourth-order valence-electron chi connectivity index (χ4n) is 1.10. The van der Waals surface area contributed by atoms with E-state index in [1.54, 1.807) is 0 Å². The van der Waals surface area contributed by atoms with E-state index < -0.39 is 0 Å². The van der Waals surface area contributed by atoms with Crippen molar-refractivity contribution >= 4 is 15.9 Å². The predicted octanol–water partition coefficient (Wildman–Crippen LogP) is 2.98. The normalized spacial score (nSPS) is 11.7. The first-order chi connectivity index (χ1) is 7.05. The summed E-state index contributed by atoms with van der Waals surface area (Å²) in [6, 6.07) is 7.98. The summed E-state index contributed by atoms with van der Waals surface area (Å²) in [6.45, 7) is 5.23. The Bertz CT molecular complexity index is 310. The standard InChI is InChI=1S/C12H17BrO2/c1-12(2,8-14)9-15-7-10-5-3-4-6-11(10)13/h3-6,14H,7-9H2,1-2H3. The van der Waals surface area contributed by atoms with Gasteiger partial charge in [0.2, 0.25) is 0 Å². The largest absolute Gasteiger partial charge is 0.396 e. The number of hydrogen-bond donors (Lipinski definition) is 1. The van der Waals surface area contributed by atoms with Crippen LogP contribution in [0.4, 0.5) is 0 Å². The highest BCUT2D eigenvalue weighted by Gasteiger charge is 2.16. The summed E-state index contributed by atoms with van der Waals surface area (Å²) in [4.78, 5) is 0. The number of rotatable bonds is 5. The van der Waals surface area contributed by atoms with E-state index in [1.807, 2.05) is 38.1 Å². The Morgan fingerprint density at radius 2 is 2.00 bits per heavy atom. The molecule has 0 unspecified atom stereocenters. The summed E-state index contributed by atoms with van der Waals surface area (Å²) in [5.41, 5.74) is 0.965. The van der Waals surface area contributed by atoms with Crippen molar-refractivity contribution in [3.63, 3.8) is 0 Å². The van der Waals surface area contributed by atoms with Gasteiger partial charge in [-0.15, -0.1) is 0 Å². The molecule has 0 aliphatic carbocycles. The smallest absolute Gasteiger partial charge is 0.0728 e. The molecule has 0 fully saturated rings. The molecule has 84 valence electrons. The van der Waals surface area contributed by atoms with Crippen LogP contribution >= 0.6 is 15.9 Å². The van der Waals surface area contributed by atoms with Gasteiger partial charge in [0.15, 0.2) is 0 Å². The molecule has 15 heavy (non-hydrogen) atoms. The fourth-order valence-corrected chi connectivity index (χ4v) is 1.50. The molecule has 0 amide bonds. The molecule has 0 atom stereocenters. The van der Waals surface area contributed by atoms with Crippen LogP contribution in [0, 0.1) is 5.41 Å². The molecule has 0 saturated carbocycles. The molecular formula is C12H17BrO2. The molecule has 0 aromatic heterocycles. The van der Waals surface area contributed by atoms with Gasteiger partial charge in [0.05, 0.1) is 19.8 Å². The minimum Gasteiger partial charge on any atom is -0.396 e. The van der Waals surface area contributed by atoms with Crippen LogP contribution in [0.1, 0.15) is 19.4 Å². The van der Waals surface area contributed by atoms with E-state index in [9.17, 15) is 0 Å². The molecule has 2 nitrogen and oxygen atoms in total. The third kappa shape index (κ3) is 4.33. The lowest BCUT2D eigenvalue weighted by Crippen LogP contribution is -2.23. The third-order valence-corrected chi connectivity index (χ3v) is 2.91. The van der Waals surface area contributed by atoms with E-state index >= 15 is 0 Å². The molecule has 1 rings (SSSR count). The highest BCUT2D eigenvalue weighted by atomic mass is 79.9. The molecule has 0 spiro atoms. The molecule has 0 bridgehead atoms. The second-order valence-electron chi connectivity index (χ2n) is 4.41. The molecule has 0 aliphatic heterocycles. The van der Waals surface area contributed by atoms with Gasteiger partial charge in [-0.25, -0.2) is 0 Å². The summed E-state index contributed by atoms with van der Waals surface area (Å²) in [7, 11) is 0.